The van der Waals surface area contributed by atoms with Crippen molar-refractivity contribution < 1.29 is 9.59 Å². The zero-order chi connectivity index (χ0) is 18.5. The Morgan fingerprint density at radius 1 is 0.962 bits per heavy atom. The summed E-state index contributed by atoms with van der Waals surface area (Å²) >= 11 is 0. The highest BCUT2D eigenvalue weighted by molar-refractivity contribution is 5.96. The van der Waals surface area contributed by atoms with Crippen molar-refractivity contribution in [2.45, 2.75) is 13.8 Å². The maximum atomic E-state index is 12.3. The fraction of sp³-hybridized carbons (Fsp3) is 0.333. The smallest absolute Gasteiger partial charge is 0.238 e. The fourth-order valence-corrected chi connectivity index (χ4v) is 3.26. The Kier molecular flexibility index (Phi) is 5.68. The molecule has 26 heavy (non-hydrogen) atoms. The molecule has 1 saturated heterocycles. The summed E-state index contributed by atoms with van der Waals surface area (Å²) in [6, 6.07) is 15.4. The lowest BCUT2D eigenvalue weighted by atomic mass is 10.1. The van der Waals surface area contributed by atoms with Crippen LogP contribution < -0.4 is 10.2 Å². The second-order valence-corrected chi connectivity index (χ2v) is 6.73. The van der Waals surface area contributed by atoms with E-state index in [1.807, 2.05) is 0 Å². The van der Waals surface area contributed by atoms with Gasteiger partial charge in [-0.25, -0.2) is 0 Å². The van der Waals surface area contributed by atoms with Crippen molar-refractivity contribution in [3.8, 4) is 0 Å². The lowest BCUT2D eigenvalue weighted by Crippen LogP contribution is -2.48. The van der Waals surface area contributed by atoms with Crippen LogP contribution in [0.25, 0.3) is 0 Å². The van der Waals surface area contributed by atoms with Gasteiger partial charge in [-0.05, 0) is 49.7 Å². The van der Waals surface area contributed by atoms with E-state index in [0.29, 0.717) is 12.1 Å². The zero-order valence-electron chi connectivity index (χ0n) is 15.4. The van der Waals surface area contributed by atoms with E-state index in [-0.39, 0.29) is 11.7 Å². The highest BCUT2D eigenvalue weighted by Gasteiger charge is 2.20. The summed E-state index contributed by atoms with van der Waals surface area (Å²) in [5.74, 6) is -0.000632. The summed E-state index contributed by atoms with van der Waals surface area (Å²) < 4.78 is 0. The number of carbonyl (C=O) groups excluding carboxylic acids is 2. The minimum Gasteiger partial charge on any atom is -0.369 e. The van der Waals surface area contributed by atoms with E-state index in [9.17, 15) is 9.59 Å². The van der Waals surface area contributed by atoms with E-state index >= 15 is 0 Å². The predicted molar refractivity (Wildman–Crippen MR) is 105 cm³/mol. The summed E-state index contributed by atoms with van der Waals surface area (Å²) in [5.41, 5.74) is 3.93. The van der Waals surface area contributed by atoms with E-state index < -0.39 is 0 Å². The van der Waals surface area contributed by atoms with Gasteiger partial charge >= 0.3 is 0 Å². The Balaban J connectivity index is 1.49. The van der Waals surface area contributed by atoms with Crippen LogP contribution in [0.2, 0.25) is 0 Å². The van der Waals surface area contributed by atoms with E-state index in [4.69, 9.17) is 0 Å². The number of hydrogen-bond donors (Lipinski definition) is 1. The molecule has 0 unspecified atom stereocenters. The van der Waals surface area contributed by atoms with Gasteiger partial charge < -0.3 is 10.2 Å². The lowest BCUT2D eigenvalue weighted by molar-refractivity contribution is -0.117. The molecule has 1 aliphatic heterocycles. The number of aryl methyl sites for hydroxylation is 1. The molecule has 0 saturated carbocycles. The molecule has 0 radical (unpaired) electrons. The Hall–Kier alpha value is -2.66. The molecule has 1 fully saturated rings. The quantitative estimate of drug-likeness (QED) is 0.842. The molecule has 0 bridgehead atoms. The van der Waals surface area contributed by atoms with Crippen molar-refractivity contribution in [3.05, 3.63) is 59.7 Å². The van der Waals surface area contributed by atoms with Crippen LogP contribution in [0.4, 0.5) is 11.4 Å². The summed E-state index contributed by atoms with van der Waals surface area (Å²) in [7, 11) is 0. The molecule has 2 aromatic rings. The van der Waals surface area contributed by atoms with Crippen molar-refractivity contribution in [2.24, 2.45) is 0 Å². The average Bonchev–Trinajstić information content (AvgIpc) is 2.63. The molecular formula is C21H25N3O2. The monoisotopic (exact) mass is 351 g/mol. The zero-order valence-corrected chi connectivity index (χ0v) is 15.4. The first-order valence-electron chi connectivity index (χ1n) is 8.97. The van der Waals surface area contributed by atoms with Crippen LogP contribution in [0, 0.1) is 6.92 Å². The van der Waals surface area contributed by atoms with Crippen LogP contribution >= 0.6 is 0 Å². The number of hydrogen-bond acceptors (Lipinski definition) is 4. The molecule has 1 heterocycles. The number of nitrogens with one attached hydrogen (secondary N) is 1. The molecule has 136 valence electrons. The number of rotatable bonds is 5. The normalized spacial score (nSPS) is 14.9. The minimum absolute atomic E-state index is 0.0226. The first-order chi connectivity index (χ1) is 12.5. The van der Waals surface area contributed by atoms with Crippen LogP contribution in [-0.4, -0.2) is 49.3 Å². The summed E-state index contributed by atoms with van der Waals surface area (Å²) in [6.45, 7) is 7.62. The van der Waals surface area contributed by atoms with E-state index in [1.165, 1.54) is 18.2 Å². The molecule has 2 aromatic carbocycles. The number of nitrogens with zero attached hydrogens (tertiary/aromatic N) is 2. The number of piperazine rings is 1. The van der Waals surface area contributed by atoms with E-state index in [0.717, 1.165) is 31.9 Å². The Bertz CT molecular complexity index is 778. The number of para-hydroxylation sites is 1. The van der Waals surface area contributed by atoms with Gasteiger partial charge in [0.25, 0.3) is 0 Å². The molecule has 0 aromatic heterocycles. The SMILES string of the molecule is CC(=O)c1ccc(NC(=O)CN2CCN(c3ccccc3C)CC2)cc1. The van der Waals surface area contributed by atoms with E-state index in [1.54, 1.807) is 24.3 Å². The molecule has 5 nitrogen and oxygen atoms in total. The fourth-order valence-electron chi connectivity index (χ4n) is 3.26. The van der Waals surface area contributed by atoms with Gasteiger partial charge in [-0.1, -0.05) is 18.2 Å². The molecule has 5 heteroatoms. The molecule has 0 aliphatic carbocycles. The number of carbonyl (C=O) groups is 2. The maximum absolute atomic E-state index is 12.3. The highest BCUT2D eigenvalue weighted by Crippen LogP contribution is 2.20. The molecule has 3 rings (SSSR count). The summed E-state index contributed by atoms with van der Waals surface area (Å²) in [5, 5.41) is 2.90. The van der Waals surface area contributed by atoms with Crippen LogP contribution in [0.5, 0.6) is 0 Å². The first kappa shape index (κ1) is 18.1. The third kappa shape index (κ3) is 4.49. The van der Waals surface area contributed by atoms with Crippen molar-refractivity contribution in [2.75, 3.05) is 42.9 Å². The van der Waals surface area contributed by atoms with Gasteiger partial charge in [-0.2, -0.15) is 0 Å². The molecule has 0 spiro atoms. The molecule has 1 amide bonds. The van der Waals surface area contributed by atoms with Gasteiger partial charge in [0.2, 0.25) is 5.91 Å². The number of amides is 1. The summed E-state index contributed by atoms with van der Waals surface area (Å²) in [4.78, 5) is 28.1. The first-order valence-corrected chi connectivity index (χ1v) is 8.97. The highest BCUT2D eigenvalue weighted by atomic mass is 16.2. The van der Waals surface area contributed by atoms with Gasteiger partial charge in [0.05, 0.1) is 6.54 Å². The molecule has 0 atom stereocenters. The molecular weight excluding hydrogens is 326 g/mol. The number of anilines is 2. The van der Waals surface area contributed by atoms with Crippen molar-refractivity contribution in [3.63, 3.8) is 0 Å². The number of ketones is 1. The molecule has 1 N–H and O–H groups in total. The lowest BCUT2D eigenvalue weighted by Gasteiger charge is -2.36. The van der Waals surface area contributed by atoms with Gasteiger partial charge in [-0.3, -0.25) is 14.5 Å². The van der Waals surface area contributed by atoms with Crippen LogP contribution in [0.3, 0.4) is 0 Å². The van der Waals surface area contributed by atoms with Crippen LogP contribution in [0.1, 0.15) is 22.8 Å². The standard InChI is InChI=1S/C21H25N3O2/c1-16-5-3-4-6-20(16)24-13-11-23(12-14-24)15-21(26)22-19-9-7-18(8-10-19)17(2)25/h3-10H,11-15H2,1-2H3,(H,22,26). The maximum Gasteiger partial charge on any atom is 0.238 e. The second kappa shape index (κ2) is 8.15. The Morgan fingerprint density at radius 2 is 1.62 bits per heavy atom. The van der Waals surface area contributed by atoms with Crippen molar-refractivity contribution in [1.82, 2.24) is 4.90 Å². The minimum atomic E-state index is -0.0232. The van der Waals surface area contributed by atoms with Crippen LogP contribution in [0.15, 0.2) is 48.5 Å². The van der Waals surface area contributed by atoms with Crippen molar-refractivity contribution in [1.29, 1.82) is 0 Å². The summed E-state index contributed by atoms with van der Waals surface area (Å²) in [6.07, 6.45) is 0. The third-order valence-corrected chi connectivity index (χ3v) is 4.77. The van der Waals surface area contributed by atoms with Gasteiger partial charge in [0.15, 0.2) is 5.78 Å². The number of benzene rings is 2. The van der Waals surface area contributed by atoms with Gasteiger partial charge in [-0.15, -0.1) is 0 Å². The van der Waals surface area contributed by atoms with Gasteiger partial charge in [0, 0.05) is 43.1 Å². The third-order valence-electron chi connectivity index (χ3n) is 4.77. The second-order valence-electron chi connectivity index (χ2n) is 6.73. The average molecular weight is 351 g/mol. The Labute approximate surface area is 154 Å². The predicted octanol–water partition coefficient (Wildman–Crippen LogP) is 2.96. The van der Waals surface area contributed by atoms with Crippen molar-refractivity contribution >= 4 is 23.1 Å². The van der Waals surface area contributed by atoms with Gasteiger partial charge in [0.1, 0.15) is 0 Å². The Morgan fingerprint density at radius 3 is 2.23 bits per heavy atom. The topological polar surface area (TPSA) is 52.7 Å². The molecule has 1 aliphatic rings. The van der Waals surface area contributed by atoms with Crippen LogP contribution in [-0.2, 0) is 4.79 Å². The van der Waals surface area contributed by atoms with E-state index in [2.05, 4.69) is 46.3 Å². The number of Topliss-reactive ketones (excluding diaryl/α,β-unsaturated/α-hetero) is 1. The largest absolute Gasteiger partial charge is 0.369 e.